The van der Waals surface area contributed by atoms with Crippen molar-refractivity contribution in [3.63, 3.8) is 0 Å². The summed E-state index contributed by atoms with van der Waals surface area (Å²) in [6.07, 6.45) is 4.28. The third-order valence-corrected chi connectivity index (χ3v) is 4.81. The van der Waals surface area contributed by atoms with Gasteiger partial charge in [-0.15, -0.1) is 0 Å². The predicted molar refractivity (Wildman–Crippen MR) is 98.1 cm³/mol. The van der Waals surface area contributed by atoms with Gasteiger partial charge in [0.2, 0.25) is 5.91 Å². The minimum Gasteiger partial charge on any atom is -0.493 e. The molecule has 0 fully saturated rings. The average Bonchev–Trinajstić information content (AvgIpc) is 2.66. The molecule has 1 N–H and O–H groups in total. The highest BCUT2D eigenvalue weighted by atomic mass is 16.5. The number of para-hydroxylation sites is 1. The maximum atomic E-state index is 12.5. The van der Waals surface area contributed by atoms with Crippen LogP contribution in [0, 0.1) is 0 Å². The molecule has 0 bridgehead atoms. The fourth-order valence-electron chi connectivity index (χ4n) is 3.57. The molecular weight excluding hydrogens is 314 g/mol. The number of carbonyl (C=O) groups is 1. The monoisotopic (exact) mass is 339 g/mol. The molecule has 25 heavy (non-hydrogen) atoms. The molecule has 1 aliphatic rings. The number of benzene rings is 2. The van der Waals surface area contributed by atoms with Crippen LogP contribution >= 0.6 is 0 Å². The van der Waals surface area contributed by atoms with Crippen molar-refractivity contribution < 1.29 is 14.3 Å². The highest BCUT2D eigenvalue weighted by Gasteiger charge is 2.21. The molecule has 0 saturated heterocycles. The lowest BCUT2D eigenvalue weighted by atomic mass is 9.87. The first-order valence-electron chi connectivity index (χ1n) is 8.80. The molecule has 0 aromatic heterocycles. The van der Waals surface area contributed by atoms with E-state index in [9.17, 15) is 4.79 Å². The Kier molecular flexibility index (Phi) is 5.59. The first-order chi connectivity index (χ1) is 12.2. The number of methoxy groups -OCH3 is 2. The third kappa shape index (κ3) is 3.95. The molecule has 1 atom stereocenters. The van der Waals surface area contributed by atoms with Crippen LogP contribution in [0.2, 0.25) is 0 Å². The summed E-state index contributed by atoms with van der Waals surface area (Å²) < 4.78 is 10.8. The second-order valence-corrected chi connectivity index (χ2v) is 6.36. The van der Waals surface area contributed by atoms with E-state index in [2.05, 4.69) is 23.5 Å². The quantitative estimate of drug-likeness (QED) is 0.870. The number of amides is 1. The van der Waals surface area contributed by atoms with Gasteiger partial charge in [-0.05, 0) is 48.4 Å². The lowest BCUT2D eigenvalue weighted by Gasteiger charge is -2.26. The number of nitrogens with one attached hydrogen (secondary N) is 1. The first-order valence-corrected chi connectivity index (χ1v) is 8.80. The summed E-state index contributed by atoms with van der Waals surface area (Å²) in [4.78, 5) is 12.5. The maximum Gasteiger partial charge on any atom is 0.220 e. The Morgan fingerprint density at radius 2 is 1.96 bits per heavy atom. The van der Waals surface area contributed by atoms with Gasteiger partial charge in [0.15, 0.2) is 11.5 Å². The molecule has 4 heteroatoms. The van der Waals surface area contributed by atoms with Gasteiger partial charge in [-0.1, -0.05) is 36.4 Å². The van der Waals surface area contributed by atoms with Crippen LogP contribution in [-0.2, 0) is 17.6 Å². The number of rotatable bonds is 6. The molecule has 2 aromatic carbocycles. The molecule has 0 spiro atoms. The van der Waals surface area contributed by atoms with Crippen molar-refractivity contribution in [2.75, 3.05) is 14.2 Å². The van der Waals surface area contributed by atoms with Gasteiger partial charge in [0.25, 0.3) is 0 Å². The summed E-state index contributed by atoms with van der Waals surface area (Å²) in [5.74, 6) is 1.48. The molecule has 0 radical (unpaired) electrons. The zero-order valence-corrected chi connectivity index (χ0v) is 14.9. The van der Waals surface area contributed by atoms with Crippen LogP contribution in [0.25, 0.3) is 0 Å². The molecule has 0 heterocycles. The molecule has 0 aliphatic heterocycles. The van der Waals surface area contributed by atoms with Crippen LogP contribution in [0.5, 0.6) is 11.5 Å². The Labute approximate surface area is 149 Å². The second-order valence-electron chi connectivity index (χ2n) is 6.36. The second kappa shape index (κ2) is 8.06. The van der Waals surface area contributed by atoms with Gasteiger partial charge in [-0.25, -0.2) is 0 Å². The smallest absolute Gasteiger partial charge is 0.220 e. The number of fused-ring (bicyclic) bond motifs is 1. The Bertz CT molecular complexity index is 742. The molecule has 4 nitrogen and oxygen atoms in total. The van der Waals surface area contributed by atoms with Crippen molar-refractivity contribution in [3.8, 4) is 11.5 Å². The zero-order chi connectivity index (χ0) is 17.6. The van der Waals surface area contributed by atoms with E-state index >= 15 is 0 Å². The fraction of sp³-hybridized carbons (Fsp3) is 0.381. The van der Waals surface area contributed by atoms with E-state index in [4.69, 9.17) is 9.47 Å². The molecule has 1 amide bonds. The zero-order valence-electron chi connectivity index (χ0n) is 14.9. The van der Waals surface area contributed by atoms with Crippen LogP contribution < -0.4 is 14.8 Å². The van der Waals surface area contributed by atoms with Crippen LogP contribution in [0.3, 0.4) is 0 Å². The summed E-state index contributed by atoms with van der Waals surface area (Å²) in [7, 11) is 3.25. The van der Waals surface area contributed by atoms with E-state index in [0.29, 0.717) is 24.3 Å². The van der Waals surface area contributed by atoms with Crippen molar-refractivity contribution >= 4 is 5.91 Å². The van der Waals surface area contributed by atoms with Gasteiger partial charge < -0.3 is 14.8 Å². The largest absolute Gasteiger partial charge is 0.493 e. The lowest BCUT2D eigenvalue weighted by Crippen LogP contribution is -2.31. The van der Waals surface area contributed by atoms with E-state index in [-0.39, 0.29) is 11.9 Å². The average molecular weight is 339 g/mol. The van der Waals surface area contributed by atoms with E-state index in [1.807, 2.05) is 24.3 Å². The van der Waals surface area contributed by atoms with E-state index < -0.39 is 0 Å². The summed E-state index contributed by atoms with van der Waals surface area (Å²) in [5, 5.41) is 3.20. The number of hydrogen-bond donors (Lipinski definition) is 1. The molecule has 0 saturated carbocycles. The number of carbonyl (C=O) groups excluding carboxylic acids is 1. The van der Waals surface area contributed by atoms with Crippen molar-refractivity contribution in [1.29, 1.82) is 0 Å². The van der Waals surface area contributed by atoms with Crippen molar-refractivity contribution in [2.45, 2.75) is 38.1 Å². The van der Waals surface area contributed by atoms with Gasteiger partial charge in [-0.3, -0.25) is 4.79 Å². The third-order valence-electron chi connectivity index (χ3n) is 4.81. The van der Waals surface area contributed by atoms with Crippen LogP contribution in [0.15, 0.2) is 42.5 Å². The molecule has 1 aliphatic carbocycles. The first kappa shape index (κ1) is 17.3. The van der Waals surface area contributed by atoms with Gasteiger partial charge >= 0.3 is 0 Å². The van der Waals surface area contributed by atoms with Gasteiger partial charge in [-0.2, -0.15) is 0 Å². The standard InChI is InChI=1S/C21H25NO3/c1-24-19-12-6-9-16(21(19)25-2)13-14-20(23)22-18-11-5-8-15-7-3-4-10-17(15)18/h3-4,6-7,9-10,12,18H,5,8,11,13-14H2,1-2H3,(H,22,23)/t18-/m1/s1. The summed E-state index contributed by atoms with van der Waals surface area (Å²) in [6, 6.07) is 14.3. The molecule has 2 aromatic rings. The van der Waals surface area contributed by atoms with Crippen molar-refractivity contribution in [2.24, 2.45) is 0 Å². The molecule has 3 rings (SSSR count). The van der Waals surface area contributed by atoms with Gasteiger partial charge in [0.05, 0.1) is 20.3 Å². The van der Waals surface area contributed by atoms with Crippen molar-refractivity contribution in [3.05, 3.63) is 59.2 Å². The molecule has 132 valence electrons. The summed E-state index contributed by atoms with van der Waals surface area (Å²) >= 11 is 0. The predicted octanol–water partition coefficient (Wildman–Crippen LogP) is 3.83. The van der Waals surface area contributed by atoms with Gasteiger partial charge in [0, 0.05) is 6.42 Å². The normalized spacial score (nSPS) is 16.0. The number of ether oxygens (including phenoxy) is 2. The topological polar surface area (TPSA) is 47.6 Å². The Morgan fingerprint density at radius 3 is 2.76 bits per heavy atom. The maximum absolute atomic E-state index is 12.5. The molecule has 0 unspecified atom stereocenters. The van der Waals surface area contributed by atoms with E-state index in [1.165, 1.54) is 11.1 Å². The van der Waals surface area contributed by atoms with Crippen molar-refractivity contribution in [1.82, 2.24) is 5.32 Å². The number of aryl methyl sites for hydroxylation is 2. The fourth-order valence-corrected chi connectivity index (χ4v) is 3.57. The van der Waals surface area contributed by atoms with Crippen LogP contribution in [0.1, 0.15) is 42.0 Å². The molecular formula is C21H25NO3. The minimum absolute atomic E-state index is 0.0755. The lowest BCUT2D eigenvalue weighted by molar-refractivity contribution is -0.121. The Hall–Kier alpha value is -2.49. The Balaban J connectivity index is 1.63. The minimum atomic E-state index is 0.0755. The van der Waals surface area contributed by atoms with E-state index in [1.54, 1.807) is 14.2 Å². The summed E-state index contributed by atoms with van der Waals surface area (Å²) in [6.45, 7) is 0. The highest BCUT2D eigenvalue weighted by Crippen LogP contribution is 2.32. The van der Waals surface area contributed by atoms with Gasteiger partial charge in [0.1, 0.15) is 0 Å². The Morgan fingerprint density at radius 1 is 1.12 bits per heavy atom. The number of hydrogen-bond acceptors (Lipinski definition) is 3. The summed E-state index contributed by atoms with van der Waals surface area (Å²) in [5.41, 5.74) is 3.61. The van der Waals surface area contributed by atoms with Crippen LogP contribution in [-0.4, -0.2) is 20.1 Å². The van der Waals surface area contributed by atoms with Crippen LogP contribution in [0.4, 0.5) is 0 Å². The SMILES string of the molecule is COc1cccc(CCC(=O)N[C@@H]2CCCc3ccccc32)c1OC. The highest BCUT2D eigenvalue weighted by molar-refractivity contribution is 5.77. The van der Waals surface area contributed by atoms with E-state index in [0.717, 1.165) is 24.8 Å².